The van der Waals surface area contributed by atoms with Crippen LogP contribution in [0, 0.1) is 6.92 Å². The van der Waals surface area contributed by atoms with Gasteiger partial charge in [-0.05, 0) is 66.8 Å². The first-order chi connectivity index (χ1) is 19.5. The van der Waals surface area contributed by atoms with Crippen molar-refractivity contribution in [1.82, 2.24) is 15.2 Å². The number of fused-ring (bicyclic) bond motifs is 4. The molecule has 0 saturated carbocycles. The molecule has 2 fully saturated rings. The molecule has 3 aliphatic rings. The van der Waals surface area contributed by atoms with Gasteiger partial charge in [0.25, 0.3) is 11.8 Å². The molecule has 1 aromatic heterocycles. The third-order valence-electron chi connectivity index (χ3n) is 8.43. The molecule has 4 heterocycles. The van der Waals surface area contributed by atoms with Crippen molar-refractivity contribution in [3.05, 3.63) is 101 Å². The number of amides is 4. The molecule has 7 rings (SSSR count). The summed E-state index contributed by atoms with van der Waals surface area (Å²) in [5.74, 6) is -0.460. The fourth-order valence-electron chi connectivity index (χ4n) is 6.41. The van der Waals surface area contributed by atoms with Crippen LogP contribution in [-0.4, -0.2) is 53.0 Å². The molecule has 4 aromatic rings. The van der Waals surface area contributed by atoms with Crippen molar-refractivity contribution >= 4 is 34.4 Å². The number of para-hydroxylation sites is 1. The number of aromatic nitrogens is 1. The minimum Gasteiger partial charge on any atom is -0.376 e. The number of nitrogens with one attached hydrogen (secondary N) is 2. The highest BCUT2D eigenvalue weighted by molar-refractivity contribution is 6.22. The average Bonchev–Trinajstić information content (AvgIpc) is 3.69. The molecule has 8 nitrogen and oxygen atoms in total. The van der Waals surface area contributed by atoms with Crippen LogP contribution in [0.1, 0.15) is 51.6 Å². The lowest BCUT2D eigenvalue weighted by molar-refractivity contribution is -0.120. The van der Waals surface area contributed by atoms with Gasteiger partial charge >= 0.3 is 6.03 Å². The van der Waals surface area contributed by atoms with E-state index in [4.69, 9.17) is 4.74 Å². The first-order valence-electron chi connectivity index (χ1n) is 13.8. The number of ether oxygens (including phenoxy) is 1. The topological polar surface area (TPSA) is 94.7 Å². The minimum atomic E-state index is -0.627. The lowest BCUT2D eigenvalue weighted by Crippen LogP contribution is -2.44. The number of anilines is 1. The number of nitrogens with zero attached hydrogens (tertiary/aromatic N) is 2. The lowest BCUT2D eigenvalue weighted by atomic mass is 9.87. The molecule has 8 heteroatoms. The van der Waals surface area contributed by atoms with Crippen LogP contribution in [0.2, 0.25) is 0 Å². The maximum atomic E-state index is 14.1. The Balaban J connectivity index is 1.22. The Morgan fingerprint density at radius 2 is 1.80 bits per heavy atom. The van der Waals surface area contributed by atoms with Crippen LogP contribution in [0.4, 0.5) is 10.5 Å². The Kier molecular flexibility index (Phi) is 5.93. The Bertz CT molecular complexity index is 1640. The Morgan fingerprint density at radius 3 is 2.58 bits per heavy atom. The van der Waals surface area contributed by atoms with Crippen LogP contribution >= 0.6 is 0 Å². The number of aryl methyl sites for hydroxylation is 1. The fourth-order valence-corrected chi connectivity index (χ4v) is 6.41. The maximum absolute atomic E-state index is 14.1. The maximum Gasteiger partial charge on any atom is 0.332 e. The van der Waals surface area contributed by atoms with Gasteiger partial charge in [0.2, 0.25) is 0 Å². The van der Waals surface area contributed by atoms with E-state index in [9.17, 15) is 14.4 Å². The highest BCUT2D eigenvalue weighted by Crippen LogP contribution is 2.45. The van der Waals surface area contributed by atoms with E-state index in [0.717, 1.165) is 52.7 Å². The number of hydrogen-bond donors (Lipinski definition) is 2. The van der Waals surface area contributed by atoms with Gasteiger partial charge < -0.3 is 15.0 Å². The standard InChI is InChI=1S/C32H30N4O4/c1-19-7-2-3-9-23(19)29-28-25(24-10-4-5-11-26(24)34-28)17-27-31(38)35(32(39)36(27)29)21-14-12-20(13-15-21)30(37)33-18-22-8-6-16-40-22/h2-5,7,9-15,22,27,29,34H,6,8,16-18H2,1H3,(H,33,37). The molecule has 3 unspecified atom stereocenters. The number of aromatic amines is 1. The molecule has 2 saturated heterocycles. The summed E-state index contributed by atoms with van der Waals surface area (Å²) in [5.41, 5.74) is 5.99. The quantitative estimate of drug-likeness (QED) is 0.357. The number of urea groups is 1. The highest BCUT2D eigenvalue weighted by Gasteiger charge is 2.53. The second-order valence-electron chi connectivity index (χ2n) is 10.8. The van der Waals surface area contributed by atoms with E-state index in [-0.39, 0.29) is 23.9 Å². The van der Waals surface area contributed by atoms with Crippen molar-refractivity contribution in [2.24, 2.45) is 0 Å². The fraction of sp³-hybridized carbons (Fsp3) is 0.281. The third kappa shape index (κ3) is 3.90. The summed E-state index contributed by atoms with van der Waals surface area (Å²) >= 11 is 0. The zero-order chi connectivity index (χ0) is 27.4. The molecule has 3 atom stereocenters. The van der Waals surface area contributed by atoms with Crippen LogP contribution in [0.25, 0.3) is 10.9 Å². The van der Waals surface area contributed by atoms with Crippen LogP contribution in [0.15, 0.2) is 72.8 Å². The van der Waals surface area contributed by atoms with E-state index in [1.54, 1.807) is 29.2 Å². The van der Waals surface area contributed by atoms with E-state index in [0.29, 0.717) is 24.2 Å². The zero-order valence-corrected chi connectivity index (χ0v) is 22.2. The van der Waals surface area contributed by atoms with Gasteiger partial charge in [0, 0.05) is 41.7 Å². The lowest BCUT2D eigenvalue weighted by Gasteiger charge is -2.36. The highest BCUT2D eigenvalue weighted by atomic mass is 16.5. The first kappa shape index (κ1) is 24.6. The van der Waals surface area contributed by atoms with E-state index < -0.39 is 12.1 Å². The molecular weight excluding hydrogens is 504 g/mol. The number of carbonyl (C=O) groups is 3. The van der Waals surface area contributed by atoms with Gasteiger partial charge in [0.15, 0.2) is 0 Å². The van der Waals surface area contributed by atoms with Gasteiger partial charge in [-0.15, -0.1) is 0 Å². The van der Waals surface area contributed by atoms with Gasteiger partial charge in [0.1, 0.15) is 12.1 Å². The summed E-state index contributed by atoms with van der Waals surface area (Å²) in [6.07, 6.45) is 2.45. The van der Waals surface area contributed by atoms with Crippen molar-refractivity contribution in [3.63, 3.8) is 0 Å². The minimum absolute atomic E-state index is 0.0540. The van der Waals surface area contributed by atoms with Crippen molar-refractivity contribution in [1.29, 1.82) is 0 Å². The van der Waals surface area contributed by atoms with Crippen LogP contribution in [0.5, 0.6) is 0 Å². The number of carbonyl (C=O) groups excluding carboxylic acids is 3. The predicted octanol–water partition coefficient (Wildman–Crippen LogP) is 4.87. The average molecular weight is 535 g/mol. The van der Waals surface area contributed by atoms with Crippen molar-refractivity contribution in [2.75, 3.05) is 18.1 Å². The summed E-state index contributed by atoms with van der Waals surface area (Å²) in [7, 11) is 0. The number of H-pyrrole nitrogens is 1. The summed E-state index contributed by atoms with van der Waals surface area (Å²) < 4.78 is 5.58. The Labute approximate surface area is 231 Å². The summed E-state index contributed by atoms with van der Waals surface area (Å²) in [6.45, 7) is 3.23. The molecule has 40 heavy (non-hydrogen) atoms. The van der Waals surface area contributed by atoms with Gasteiger partial charge in [-0.3, -0.25) is 14.5 Å². The molecule has 0 bridgehead atoms. The monoisotopic (exact) mass is 534 g/mol. The van der Waals surface area contributed by atoms with Gasteiger partial charge in [-0.25, -0.2) is 9.69 Å². The first-order valence-corrected chi connectivity index (χ1v) is 13.8. The number of rotatable bonds is 5. The van der Waals surface area contributed by atoms with E-state index >= 15 is 0 Å². The Hall–Kier alpha value is -4.43. The van der Waals surface area contributed by atoms with Crippen LogP contribution in [-0.2, 0) is 16.0 Å². The SMILES string of the molecule is Cc1ccccc1C1c2[nH]c3ccccc3c2CC2C(=O)N(c3ccc(C(=O)NCC4CCCO4)cc3)C(=O)N21. The molecule has 0 radical (unpaired) electrons. The van der Waals surface area contributed by atoms with Crippen LogP contribution in [0.3, 0.4) is 0 Å². The second kappa shape index (κ2) is 9.64. The molecule has 2 N–H and O–H groups in total. The molecule has 3 aromatic carbocycles. The molecular formula is C32H30N4O4. The van der Waals surface area contributed by atoms with Crippen molar-refractivity contribution in [2.45, 2.75) is 44.4 Å². The molecule has 3 aliphatic heterocycles. The van der Waals surface area contributed by atoms with Crippen molar-refractivity contribution < 1.29 is 19.1 Å². The normalized spacial score (nSPS) is 22.1. The van der Waals surface area contributed by atoms with Crippen molar-refractivity contribution in [3.8, 4) is 0 Å². The summed E-state index contributed by atoms with van der Waals surface area (Å²) in [5, 5.41) is 3.99. The number of benzene rings is 3. The van der Waals surface area contributed by atoms with Gasteiger partial charge in [-0.1, -0.05) is 42.5 Å². The van der Waals surface area contributed by atoms with Gasteiger partial charge in [-0.2, -0.15) is 0 Å². The summed E-state index contributed by atoms with van der Waals surface area (Å²) in [6, 6.07) is 21.3. The Morgan fingerprint density at radius 1 is 1.02 bits per heavy atom. The van der Waals surface area contributed by atoms with E-state index in [2.05, 4.69) is 16.4 Å². The largest absolute Gasteiger partial charge is 0.376 e. The number of imide groups is 1. The zero-order valence-electron chi connectivity index (χ0n) is 22.2. The van der Waals surface area contributed by atoms with E-state index in [1.807, 2.05) is 49.4 Å². The number of hydrogen-bond acceptors (Lipinski definition) is 4. The smallest absolute Gasteiger partial charge is 0.332 e. The molecule has 4 amide bonds. The second-order valence-corrected chi connectivity index (χ2v) is 10.8. The molecule has 202 valence electrons. The van der Waals surface area contributed by atoms with Gasteiger partial charge in [0.05, 0.1) is 11.8 Å². The molecule has 0 aliphatic carbocycles. The summed E-state index contributed by atoms with van der Waals surface area (Å²) in [4.78, 5) is 47.2. The molecule has 0 spiro atoms. The van der Waals surface area contributed by atoms with E-state index in [1.165, 1.54) is 4.90 Å². The van der Waals surface area contributed by atoms with Crippen LogP contribution < -0.4 is 10.2 Å². The third-order valence-corrected chi connectivity index (χ3v) is 8.43. The predicted molar refractivity (Wildman–Crippen MR) is 151 cm³/mol.